The topological polar surface area (TPSA) is 66.0 Å². The van der Waals surface area contributed by atoms with Gasteiger partial charge in [0.25, 0.3) is 0 Å². The zero-order valence-electron chi connectivity index (χ0n) is 10.7. The third-order valence-corrected chi connectivity index (χ3v) is 3.25. The van der Waals surface area contributed by atoms with Crippen molar-refractivity contribution in [3.8, 4) is 0 Å². The SMILES string of the molecule is CC(C)n1c(CN)nnc1CCC1CCCO1. The van der Waals surface area contributed by atoms with Crippen molar-refractivity contribution in [2.45, 2.75) is 58.2 Å². The Labute approximate surface area is 102 Å². The van der Waals surface area contributed by atoms with Crippen LogP contribution in [-0.2, 0) is 17.7 Å². The van der Waals surface area contributed by atoms with Crippen LogP contribution in [0.15, 0.2) is 0 Å². The second-order valence-electron chi connectivity index (χ2n) is 4.87. The lowest BCUT2D eigenvalue weighted by molar-refractivity contribution is 0.104. The van der Waals surface area contributed by atoms with Crippen LogP contribution in [0.4, 0.5) is 0 Å². The van der Waals surface area contributed by atoms with E-state index in [1.165, 1.54) is 12.8 Å². The molecule has 1 aromatic rings. The number of aryl methyl sites for hydroxylation is 1. The first-order valence-corrected chi connectivity index (χ1v) is 6.46. The maximum Gasteiger partial charge on any atom is 0.147 e. The second-order valence-corrected chi connectivity index (χ2v) is 4.87. The van der Waals surface area contributed by atoms with Crippen LogP contribution < -0.4 is 5.73 Å². The van der Waals surface area contributed by atoms with Crippen LogP contribution in [0.1, 0.15) is 50.8 Å². The summed E-state index contributed by atoms with van der Waals surface area (Å²) in [4.78, 5) is 0. The molecule has 96 valence electrons. The normalized spacial score (nSPS) is 20.4. The lowest BCUT2D eigenvalue weighted by atomic mass is 10.1. The van der Waals surface area contributed by atoms with Crippen LogP contribution in [0, 0.1) is 0 Å². The summed E-state index contributed by atoms with van der Waals surface area (Å²) >= 11 is 0. The molecule has 5 nitrogen and oxygen atoms in total. The average molecular weight is 238 g/mol. The molecule has 0 aromatic carbocycles. The van der Waals surface area contributed by atoms with Crippen LogP contribution >= 0.6 is 0 Å². The summed E-state index contributed by atoms with van der Waals surface area (Å²) in [5.41, 5.74) is 5.67. The molecule has 5 heteroatoms. The van der Waals surface area contributed by atoms with Crippen molar-refractivity contribution in [2.75, 3.05) is 6.61 Å². The summed E-state index contributed by atoms with van der Waals surface area (Å²) in [5, 5.41) is 8.39. The van der Waals surface area contributed by atoms with Crippen LogP contribution in [0.3, 0.4) is 0 Å². The molecular weight excluding hydrogens is 216 g/mol. The monoisotopic (exact) mass is 238 g/mol. The summed E-state index contributed by atoms with van der Waals surface area (Å²) in [7, 11) is 0. The van der Waals surface area contributed by atoms with E-state index in [0.29, 0.717) is 18.7 Å². The van der Waals surface area contributed by atoms with Crippen molar-refractivity contribution in [2.24, 2.45) is 5.73 Å². The standard InChI is InChI=1S/C12H22N4O/c1-9(2)16-11(14-15-12(16)8-13)6-5-10-4-3-7-17-10/h9-10H,3-8,13H2,1-2H3. The van der Waals surface area contributed by atoms with E-state index in [-0.39, 0.29) is 0 Å². The predicted molar refractivity (Wildman–Crippen MR) is 65.6 cm³/mol. The number of hydrogen-bond donors (Lipinski definition) is 1. The van der Waals surface area contributed by atoms with Crippen LogP contribution in [0.5, 0.6) is 0 Å². The van der Waals surface area contributed by atoms with Gasteiger partial charge in [-0.3, -0.25) is 0 Å². The van der Waals surface area contributed by atoms with Crippen molar-refractivity contribution in [1.29, 1.82) is 0 Å². The summed E-state index contributed by atoms with van der Waals surface area (Å²) < 4.78 is 7.77. The Balaban J connectivity index is 2.01. The average Bonchev–Trinajstić information content (AvgIpc) is 2.95. The molecule has 1 unspecified atom stereocenters. The van der Waals surface area contributed by atoms with E-state index in [0.717, 1.165) is 31.1 Å². The molecule has 1 saturated heterocycles. The molecule has 1 fully saturated rings. The first-order chi connectivity index (χ1) is 8.22. The predicted octanol–water partition coefficient (Wildman–Crippen LogP) is 1.43. The van der Waals surface area contributed by atoms with Gasteiger partial charge >= 0.3 is 0 Å². The van der Waals surface area contributed by atoms with Crippen molar-refractivity contribution >= 4 is 0 Å². The highest BCUT2D eigenvalue weighted by Gasteiger charge is 2.18. The number of aromatic nitrogens is 3. The maximum absolute atomic E-state index is 5.67. The molecule has 1 aliphatic rings. The van der Waals surface area contributed by atoms with Crippen molar-refractivity contribution in [1.82, 2.24) is 14.8 Å². The van der Waals surface area contributed by atoms with E-state index < -0.39 is 0 Å². The third kappa shape index (κ3) is 2.84. The van der Waals surface area contributed by atoms with E-state index in [2.05, 4.69) is 28.6 Å². The van der Waals surface area contributed by atoms with Gasteiger partial charge in [0.15, 0.2) is 0 Å². The molecule has 2 heterocycles. The minimum absolute atomic E-state index is 0.364. The Morgan fingerprint density at radius 2 is 2.18 bits per heavy atom. The minimum Gasteiger partial charge on any atom is -0.378 e. The van der Waals surface area contributed by atoms with Gasteiger partial charge in [-0.1, -0.05) is 0 Å². The molecule has 1 aromatic heterocycles. The molecule has 0 bridgehead atoms. The molecule has 0 radical (unpaired) electrons. The summed E-state index contributed by atoms with van der Waals surface area (Å²) in [6.07, 6.45) is 4.74. The lowest BCUT2D eigenvalue weighted by Gasteiger charge is -2.14. The van der Waals surface area contributed by atoms with Crippen molar-refractivity contribution < 1.29 is 4.74 Å². The lowest BCUT2D eigenvalue weighted by Crippen LogP contribution is -2.15. The second kappa shape index (κ2) is 5.60. The first-order valence-electron chi connectivity index (χ1n) is 6.46. The van der Waals surface area contributed by atoms with Gasteiger partial charge in [0, 0.05) is 19.1 Å². The molecule has 0 aliphatic carbocycles. The molecule has 0 saturated carbocycles. The highest BCUT2D eigenvalue weighted by atomic mass is 16.5. The molecule has 17 heavy (non-hydrogen) atoms. The highest BCUT2D eigenvalue weighted by molar-refractivity contribution is 4.98. The quantitative estimate of drug-likeness (QED) is 0.842. The Kier molecular flexibility index (Phi) is 4.12. The minimum atomic E-state index is 0.364. The molecule has 0 amide bonds. The zero-order valence-corrected chi connectivity index (χ0v) is 10.7. The van der Waals surface area contributed by atoms with Crippen molar-refractivity contribution in [3.63, 3.8) is 0 Å². The zero-order chi connectivity index (χ0) is 12.3. The Morgan fingerprint density at radius 1 is 1.41 bits per heavy atom. The Morgan fingerprint density at radius 3 is 2.76 bits per heavy atom. The number of hydrogen-bond acceptors (Lipinski definition) is 4. The smallest absolute Gasteiger partial charge is 0.147 e. The van der Waals surface area contributed by atoms with Gasteiger partial charge < -0.3 is 15.0 Å². The van der Waals surface area contributed by atoms with Gasteiger partial charge in [0.2, 0.25) is 0 Å². The summed E-state index contributed by atoms with van der Waals surface area (Å²) in [6.45, 7) is 5.64. The fourth-order valence-corrected chi connectivity index (χ4v) is 2.43. The van der Waals surface area contributed by atoms with Crippen LogP contribution in [0.2, 0.25) is 0 Å². The first kappa shape index (κ1) is 12.5. The maximum atomic E-state index is 5.67. The molecule has 1 aliphatic heterocycles. The fraction of sp³-hybridized carbons (Fsp3) is 0.833. The molecule has 0 spiro atoms. The molecular formula is C12H22N4O. The number of nitrogens with zero attached hydrogens (tertiary/aromatic N) is 3. The van der Waals surface area contributed by atoms with Gasteiger partial charge in [0.05, 0.1) is 12.6 Å². The van der Waals surface area contributed by atoms with E-state index in [1.807, 2.05) is 0 Å². The molecule has 2 rings (SSSR count). The van der Waals surface area contributed by atoms with Gasteiger partial charge in [-0.2, -0.15) is 0 Å². The fourth-order valence-electron chi connectivity index (χ4n) is 2.43. The number of nitrogens with two attached hydrogens (primary N) is 1. The van der Waals surface area contributed by atoms with E-state index in [9.17, 15) is 0 Å². The van der Waals surface area contributed by atoms with Gasteiger partial charge in [-0.15, -0.1) is 10.2 Å². The number of rotatable bonds is 5. The molecule has 2 N–H and O–H groups in total. The van der Waals surface area contributed by atoms with Gasteiger partial charge in [0.1, 0.15) is 11.6 Å². The Hall–Kier alpha value is -0.940. The van der Waals surface area contributed by atoms with Crippen molar-refractivity contribution in [3.05, 3.63) is 11.6 Å². The van der Waals surface area contributed by atoms with Gasteiger partial charge in [-0.05, 0) is 33.1 Å². The number of ether oxygens (including phenoxy) is 1. The highest BCUT2D eigenvalue weighted by Crippen LogP contribution is 2.19. The molecule has 1 atom stereocenters. The Bertz CT molecular complexity index is 355. The van der Waals surface area contributed by atoms with E-state index in [4.69, 9.17) is 10.5 Å². The van der Waals surface area contributed by atoms with Crippen LogP contribution in [0.25, 0.3) is 0 Å². The van der Waals surface area contributed by atoms with E-state index >= 15 is 0 Å². The largest absolute Gasteiger partial charge is 0.378 e. The third-order valence-electron chi connectivity index (χ3n) is 3.25. The summed E-state index contributed by atoms with van der Waals surface area (Å²) in [6, 6.07) is 0.364. The van der Waals surface area contributed by atoms with Gasteiger partial charge in [-0.25, -0.2) is 0 Å². The van der Waals surface area contributed by atoms with E-state index in [1.54, 1.807) is 0 Å². The summed E-state index contributed by atoms with van der Waals surface area (Å²) in [5.74, 6) is 1.92. The van der Waals surface area contributed by atoms with Crippen LogP contribution in [-0.4, -0.2) is 27.5 Å².